The summed E-state index contributed by atoms with van der Waals surface area (Å²) >= 11 is 0. The van der Waals surface area contributed by atoms with Gasteiger partial charge in [0.05, 0.1) is 14.2 Å². The highest BCUT2D eigenvalue weighted by atomic mass is 16.5. The van der Waals surface area contributed by atoms with Crippen molar-refractivity contribution < 1.29 is 9.47 Å². The van der Waals surface area contributed by atoms with Gasteiger partial charge in [-0.15, -0.1) is 0 Å². The lowest BCUT2D eigenvalue weighted by Gasteiger charge is -2.26. The van der Waals surface area contributed by atoms with Gasteiger partial charge < -0.3 is 19.4 Å². The van der Waals surface area contributed by atoms with Gasteiger partial charge in [0.2, 0.25) is 0 Å². The summed E-state index contributed by atoms with van der Waals surface area (Å²) in [6, 6.07) is 14.7. The number of nitrogens with zero attached hydrogens (tertiary/aromatic N) is 1. The molecule has 2 N–H and O–H groups in total. The van der Waals surface area contributed by atoms with Gasteiger partial charge in [-0.05, 0) is 85.8 Å². The lowest BCUT2D eigenvalue weighted by Crippen LogP contribution is -2.29. The molecule has 0 fully saturated rings. The zero-order valence-corrected chi connectivity index (χ0v) is 18.9. The molecule has 0 bridgehead atoms. The van der Waals surface area contributed by atoms with E-state index in [2.05, 4.69) is 57.5 Å². The highest BCUT2D eigenvalue weighted by molar-refractivity contribution is 5.86. The van der Waals surface area contributed by atoms with Crippen molar-refractivity contribution in [2.24, 2.45) is 0 Å². The first-order valence-corrected chi connectivity index (χ1v) is 11.5. The van der Waals surface area contributed by atoms with E-state index in [0.29, 0.717) is 0 Å². The summed E-state index contributed by atoms with van der Waals surface area (Å²) in [4.78, 5) is 9.51. The normalized spacial score (nSPS) is 14.8. The molecule has 32 heavy (non-hydrogen) atoms. The highest BCUT2D eigenvalue weighted by Gasteiger charge is 2.15. The molecule has 0 saturated heterocycles. The predicted octanol–water partition coefficient (Wildman–Crippen LogP) is 5.78. The molecule has 2 aromatic heterocycles. The van der Waals surface area contributed by atoms with Crippen molar-refractivity contribution in [3.8, 4) is 11.5 Å². The number of nitrogens with one attached hydrogen (secondary N) is 2. The minimum absolute atomic E-state index is 0.902. The van der Waals surface area contributed by atoms with Crippen molar-refractivity contribution in [3.05, 3.63) is 66.0 Å². The Balaban J connectivity index is 1.14. The van der Waals surface area contributed by atoms with E-state index in [0.717, 1.165) is 44.0 Å². The fourth-order valence-corrected chi connectivity index (χ4v) is 4.71. The lowest BCUT2D eigenvalue weighted by atomic mass is 10.0. The number of hydrogen-bond acceptors (Lipinski definition) is 3. The first kappa shape index (κ1) is 20.7. The van der Waals surface area contributed by atoms with Crippen LogP contribution in [0.3, 0.4) is 0 Å². The minimum atomic E-state index is 0.902. The fraction of sp³-hybridized carbons (Fsp3) is 0.333. The van der Waals surface area contributed by atoms with Gasteiger partial charge in [0.15, 0.2) is 0 Å². The molecule has 2 aromatic carbocycles. The van der Waals surface area contributed by atoms with E-state index in [9.17, 15) is 0 Å². The van der Waals surface area contributed by atoms with Crippen molar-refractivity contribution in [2.45, 2.75) is 25.7 Å². The van der Waals surface area contributed by atoms with Gasteiger partial charge in [0.1, 0.15) is 11.5 Å². The Labute approximate surface area is 189 Å². The van der Waals surface area contributed by atoms with Crippen LogP contribution in [0.25, 0.3) is 27.4 Å². The standard InChI is InChI=1S/C27H31N3O2/c1-31-22-6-8-25-21(15-22)16-27(29-25)19-10-13-30(14-11-19)12-4-3-5-20-18-28-26-9-7-23(32-2)17-24(20)26/h6-10,15-18,28-29H,3-5,11-14H2,1-2H3. The molecule has 5 heteroatoms. The monoisotopic (exact) mass is 429 g/mol. The molecular weight excluding hydrogens is 398 g/mol. The zero-order chi connectivity index (χ0) is 21.9. The van der Waals surface area contributed by atoms with Crippen molar-refractivity contribution >= 4 is 27.4 Å². The Kier molecular flexibility index (Phi) is 5.91. The van der Waals surface area contributed by atoms with Crippen LogP contribution in [-0.4, -0.2) is 48.7 Å². The summed E-state index contributed by atoms with van der Waals surface area (Å²) in [7, 11) is 3.44. The largest absolute Gasteiger partial charge is 0.497 e. The van der Waals surface area contributed by atoms with E-state index in [1.54, 1.807) is 14.2 Å². The topological polar surface area (TPSA) is 53.3 Å². The van der Waals surface area contributed by atoms with Crippen LogP contribution >= 0.6 is 0 Å². The zero-order valence-electron chi connectivity index (χ0n) is 18.9. The van der Waals surface area contributed by atoms with Crippen molar-refractivity contribution in [3.63, 3.8) is 0 Å². The Bertz CT molecular complexity index is 1250. The van der Waals surface area contributed by atoms with E-state index in [-0.39, 0.29) is 0 Å². The Morgan fingerprint density at radius 2 is 1.75 bits per heavy atom. The summed E-state index contributed by atoms with van der Waals surface area (Å²) < 4.78 is 10.7. The maximum atomic E-state index is 5.39. The second-order valence-electron chi connectivity index (χ2n) is 8.60. The second-order valence-corrected chi connectivity index (χ2v) is 8.60. The summed E-state index contributed by atoms with van der Waals surface area (Å²) in [5.74, 6) is 1.82. The van der Waals surface area contributed by atoms with Gasteiger partial charge in [-0.3, -0.25) is 4.90 Å². The van der Waals surface area contributed by atoms with Crippen LogP contribution in [0.2, 0.25) is 0 Å². The number of aromatic amines is 2. The maximum absolute atomic E-state index is 5.39. The molecule has 3 heterocycles. The summed E-state index contributed by atoms with van der Waals surface area (Å²) in [5, 5.41) is 2.49. The number of ether oxygens (including phenoxy) is 2. The van der Waals surface area contributed by atoms with Crippen molar-refractivity contribution in [1.82, 2.24) is 14.9 Å². The van der Waals surface area contributed by atoms with Crippen LogP contribution in [0, 0.1) is 0 Å². The maximum Gasteiger partial charge on any atom is 0.119 e. The third kappa shape index (κ3) is 4.26. The number of methoxy groups -OCH3 is 2. The second kappa shape index (κ2) is 9.13. The quantitative estimate of drug-likeness (QED) is 0.349. The SMILES string of the molecule is COc1ccc2[nH]c(C3=CCN(CCCCc4c[nH]c5ccc(OC)cc45)CC3)cc2c1. The third-order valence-corrected chi connectivity index (χ3v) is 6.61. The van der Waals surface area contributed by atoms with Crippen LogP contribution in [0.1, 0.15) is 30.5 Å². The van der Waals surface area contributed by atoms with Crippen LogP contribution < -0.4 is 9.47 Å². The summed E-state index contributed by atoms with van der Waals surface area (Å²) in [6.45, 7) is 3.30. The van der Waals surface area contributed by atoms with E-state index < -0.39 is 0 Å². The summed E-state index contributed by atoms with van der Waals surface area (Å²) in [5.41, 5.74) is 6.39. The van der Waals surface area contributed by atoms with Crippen LogP contribution in [0.5, 0.6) is 11.5 Å². The number of rotatable bonds is 8. The number of aromatic nitrogens is 2. The first-order valence-electron chi connectivity index (χ1n) is 11.5. The lowest BCUT2D eigenvalue weighted by molar-refractivity contribution is 0.295. The van der Waals surface area contributed by atoms with E-state index in [1.807, 2.05) is 12.1 Å². The van der Waals surface area contributed by atoms with Gasteiger partial charge in [-0.1, -0.05) is 6.08 Å². The molecule has 5 nitrogen and oxygen atoms in total. The Morgan fingerprint density at radius 1 is 0.938 bits per heavy atom. The Hall–Kier alpha value is -3.18. The molecule has 1 aliphatic rings. The van der Waals surface area contributed by atoms with Gasteiger partial charge in [-0.25, -0.2) is 0 Å². The highest BCUT2D eigenvalue weighted by Crippen LogP contribution is 2.28. The number of H-pyrrole nitrogens is 2. The number of fused-ring (bicyclic) bond motifs is 2. The molecule has 0 atom stereocenters. The number of unbranched alkanes of at least 4 members (excludes halogenated alkanes) is 1. The fourth-order valence-electron chi connectivity index (χ4n) is 4.71. The molecular formula is C27H31N3O2. The minimum Gasteiger partial charge on any atom is -0.497 e. The average molecular weight is 430 g/mol. The molecule has 166 valence electrons. The molecule has 5 rings (SSSR count). The molecule has 1 aliphatic heterocycles. The van der Waals surface area contributed by atoms with Crippen LogP contribution in [0.15, 0.2) is 54.7 Å². The van der Waals surface area contributed by atoms with Gasteiger partial charge >= 0.3 is 0 Å². The predicted molar refractivity (Wildman–Crippen MR) is 132 cm³/mol. The van der Waals surface area contributed by atoms with Gasteiger partial charge in [-0.2, -0.15) is 0 Å². The van der Waals surface area contributed by atoms with Crippen molar-refractivity contribution in [2.75, 3.05) is 33.9 Å². The molecule has 0 spiro atoms. The molecule has 0 amide bonds. The van der Waals surface area contributed by atoms with Gasteiger partial charge in [0.25, 0.3) is 0 Å². The molecule has 0 aliphatic carbocycles. The molecule has 4 aromatic rings. The molecule has 0 saturated carbocycles. The van der Waals surface area contributed by atoms with E-state index in [1.165, 1.54) is 51.5 Å². The first-order chi connectivity index (χ1) is 15.7. The molecule has 0 radical (unpaired) electrons. The van der Waals surface area contributed by atoms with Gasteiger partial charge in [0, 0.05) is 46.8 Å². The summed E-state index contributed by atoms with van der Waals surface area (Å²) in [6.07, 6.45) is 9.13. The number of hydrogen-bond donors (Lipinski definition) is 2. The number of benzene rings is 2. The van der Waals surface area contributed by atoms with Crippen LogP contribution in [-0.2, 0) is 6.42 Å². The Morgan fingerprint density at radius 3 is 2.53 bits per heavy atom. The molecule has 0 unspecified atom stereocenters. The third-order valence-electron chi connectivity index (χ3n) is 6.61. The van der Waals surface area contributed by atoms with Crippen molar-refractivity contribution in [1.29, 1.82) is 0 Å². The van der Waals surface area contributed by atoms with Crippen LogP contribution in [0.4, 0.5) is 0 Å². The number of aryl methyl sites for hydroxylation is 1. The van der Waals surface area contributed by atoms with E-state index in [4.69, 9.17) is 9.47 Å². The van der Waals surface area contributed by atoms with E-state index >= 15 is 0 Å². The average Bonchev–Trinajstić information content (AvgIpc) is 3.45. The smallest absolute Gasteiger partial charge is 0.119 e.